The predicted molar refractivity (Wildman–Crippen MR) is 123 cm³/mol. The van der Waals surface area contributed by atoms with Crippen molar-refractivity contribution in [2.75, 3.05) is 11.9 Å². The molecule has 32 heavy (non-hydrogen) atoms. The van der Waals surface area contributed by atoms with Crippen LogP contribution in [0.25, 0.3) is 11.8 Å². The number of nitrogens with zero attached hydrogens (tertiary/aromatic N) is 3. The summed E-state index contributed by atoms with van der Waals surface area (Å²) in [6.45, 7) is 3.05. The average Bonchev–Trinajstić information content (AvgIpc) is 3.06. The van der Waals surface area contributed by atoms with Crippen LogP contribution in [0, 0.1) is 25.2 Å². The number of esters is 1. The molecule has 0 radical (unpaired) electrons. The fraction of sp³-hybridized carbons (Fsp3) is 0.130. The summed E-state index contributed by atoms with van der Waals surface area (Å²) in [5, 5.41) is 17.1. The summed E-state index contributed by atoms with van der Waals surface area (Å²) in [6.07, 6.45) is 1.41. The number of carbonyl (C=O) groups excluding carboxylic acids is 2. The molecule has 0 aliphatic rings. The summed E-state index contributed by atoms with van der Waals surface area (Å²) in [7, 11) is 0. The first kappa shape index (κ1) is 23.1. The molecule has 9 heteroatoms. The highest BCUT2D eigenvalue weighted by Gasteiger charge is 2.17. The third-order valence-corrected chi connectivity index (χ3v) is 5.25. The van der Waals surface area contributed by atoms with Gasteiger partial charge >= 0.3 is 5.97 Å². The third-order valence-electron chi connectivity index (χ3n) is 4.51. The molecule has 0 aliphatic heterocycles. The van der Waals surface area contributed by atoms with E-state index >= 15 is 0 Å². The lowest BCUT2D eigenvalue weighted by Crippen LogP contribution is -2.21. The van der Waals surface area contributed by atoms with E-state index in [0.29, 0.717) is 22.0 Å². The SMILES string of the molecule is Cc1nn(-c2ccccc2)c(C)c1C=C(C#N)C(=O)OCC(=O)Nc1ccc(Cl)c(Cl)c1. The van der Waals surface area contributed by atoms with E-state index in [4.69, 9.17) is 27.9 Å². The number of hydrogen-bond donors (Lipinski definition) is 1. The minimum Gasteiger partial charge on any atom is -0.451 e. The second-order valence-electron chi connectivity index (χ2n) is 6.75. The molecule has 1 amide bonds. The van der Waals surface area contributed by atoms with Gasteiger partial charge in [-0.2, -0.15) is 10.4 Å². The van der Waals surface area contributed by atoms with Crippen molar-refractivity contribution in [1.29, 1.82) is 5.26 Å². The van der Waals surface area contributed by atoms with E-state index in [-0.39, 0.29) is 10.6 Å². The molecule has 0 unspecified atom stereocenters. The summed E-state index contributed by atoms with van der Waals surface area (Å²) < 4.78 is 6.73. The second-order valence-corrected chi connectivity index (χ2v) is 7.57. The maximum Gasteiger partial charge on any atom is 0.349 e. The molecule has 0 saturated heterocycles. The van der Waals surface area contributed by atoms with Crippen LogP contribution in [0.4, 0.5) is 5.69 Å². The fourth-order valence-corrected chi connectivity index (χ4v) is 3.24. The number of carbonyl (C=O) groups is 2. The molecular weight excluding hydrogens is 451 g/mol. The fourth-order valence-electron chi connectivity index (χ4n) is 2.95. The third kappa shape index (κ3) is 5.35. The van der Waals surface area contributed by atoms with Gasteiger partial charge < -0.3 is 10.1 Å². The summed E-state index contributed by atoms with van der Waals surface area (Å²) in [4.78, 5) is 24.4. The first-order valence-electron chi connectivity index (χ1n) is 9.45. The Bertz CT molecular complexity index is 1240. The van der Waals surface area contributed by atoms with Crippen LogP contribution in [-0.4, -0.2) is 28.3 Å². The number of rotatable bonds is 6. The molecule has 0 spiro atoms. The Kier molecular flexibility index (Phi) is 7.31. The number of hydrogen-bond acceptors (Lipinski definition) is 5. The lowest BCUT2D eigenvalue weighted by Gasteiger charge is -2.07. The molecule has 3 rings (SSSR count). The van der Waals surface area contributed by atoms with Crippen molar-refractivity contribution >= 4 is 46.8 Å². The maximum absolute atomic E-state index is 12.4. The van der Waals surface area contributed by atoms with E-state index in [1.54, 1.807) is 17.7 Å². The number of anilines is 1. The van der Waals surface area contributed by atoms with Gasteiger partial charge in [0.15, 0.2) is 6.61 Å². The molecule has 0 bridgehead atoms. The monoisotopic (exact) mass is 468 g/mol. The van der Waals surface area contributed by atoms with Gasteiger partial charge in [0.1, 0.15) is 11.6 Å². The molecule has 162 valence electrons. The number of halogens is 2. The molecule has 1 N–H and O–H groups in total. The zero-order valence-corrected chi connectivity index (χ0v) is 18.7. The van der Waals surface area contributed by atoms with Gasteiger partial charge in [-0.3, -0.25) is 4.79 Å². The summed E-state index contributed by atoms with van der Waals surface area (Å²) >= 11 is 11.7. The van der Waals surface area contributed by atoms with Crippen molar-refractivity contribution < 1.29 is 14.3 Å². The number of para-hydroxylation sites is 1. The summed E-state index contributed by atoms with van der Waals surface area (Å²) in [5.41, 5.74) is 3.04. The van der Waals surface area contributed by atoms with Crippen LogP contribution in [0.3, 0.4) is 0 Å². The highest BCUT2D eigenvalue weighted by molar-refractivity contribution is 6.42. The van der Waals surface area contributed by atoms with Gasteiger partial charge in [-0.15, -0.1) is 0 Å². The van der Waals surface area contributed by atoms with Gasteiger partial charge in [-0.25, -0.2) is 9.48 Å². The normalized spacial score (nSPS) is 11.0. The van der Waals surface area contributed by atoms with E-state index in [1.807, 2.05) is 43.3 Å². The standard InChI is InChI=1S/C23H18Cl2N4O3/c1-14-19(15(2)29(28-14)18-6-4-3-5-7-18)10-16(12-26)23(31)32-13-22(30)27-17-8-9-20(24)21(25)11-17/h3-11H,13H2,1-2H3,(H,27,30). The zero-order valence-electron chi connectivity index (χ0n) is 17.2. The second kappa shape index (κ2) is 10.1. The van der Waals surface area contributed by atoms with Gasteiger partial charge in [0, 0.05) is 16.9 Å². The van der Waals surface area contributed by atoms with E-state index in [0.717, 1.165) is 11.4 Å². The molecule has 0 saturated carbocycles. The van der Waals surface area contributed by atoms with Gasteiger partial charge in [0.05, 0.1) is 21.4 Å². The topological polar surface area (TPSA) is 97.0 Å². The van der Waals surface area contributed by atoms with E-state index in [9.17, 15) is 14.9 Å². The van der Waals surface area contributed by atoms with Crippen LogP contribution >= 0.6 is 23.2 Å². The Morgan fingerprint density at radius 3 is 2.53 bits per heavy atom. The van der Waals surface area contributed by atoms with E-state index in [2.05, 4.69) is 10.4 Å². The quantitative estimate of drug-likeness (QED) is 0.315. The molecule has 0 fully saturated rings. The molecular formula is C23H18Cl2N4O3. The Morgan fingerprint density at radius 2 is 1.88 bits per heavy atom. The highest BCUT2D eigenvalue weighted by atomic mass is 35.5. The Balaban J connectivity index is 1.71. The van der Waals surface area contributed by atoms with Crippen LogP contribution in [0.2, 0.25) is 10.0 Å². The Morgan fingerprint density at radius 1 is 1.16 bits per heavy atom. The number of aryl methyl sites for hydroxylation is 1. The van der Waals surface area contributed by atoms with Crippen molar-refractivity contribution in [3.63, 3.8) is 0 Å². The lowest BCUT2D eigenvalue weighted by molar-refractivity contribution is -0.142. The van der Waals surface area contributed by atoms with Crippen molar-refractivity contribution in [3.8, 4) is 11.8 Å². The molecule has 3 aromatic rings. The van der Waals surface area contributed by atoms with E-state index < -0.39 is 18.5 Å². The number of amides is 1. The van der Waals surface area contributed by atoms with Crippen LogP contribution in [0.5, 0.6) is 0 Å². The van der Waals surface area contributed by atoms with Gasteiger partial charge in [-0.1, -0.05) is 41.4 Å². The Hall–Kier alpha value is -3.60. The van der Waals surface area contributed by atoms with Crippen molar-refractivity contribution in [2.24, 2.45) is 0 Å². The highest BCUT2D eigenvalue weighted by Crippen LogP contribution is 2.25. The van der Waals surface area contributed by atoms with Crippen molar-refractivity contribution in [1.82, 2.24) is 9.78 Å². The largest absolute Gasteiger partial charge is 0.451 e. The predicted octanol–water partition coefficient (Wildman–Crippen LogP) is 4.88. The van der Waals surface area contributed by atoms with Crippen LogP contribution < -0.4 is 5.32 Å². The first-order chi connectivity index (χ1) is 15.3. The lowest BCUT2D eigenvalue weighted by atomic mass is 10.1. The number of benzene rings is 2. The smallest absolute Gasteiger partial charge is 0.349 e. The molecule has 0 aliphatic carbocycles. The maximum atomic E-state index is 12.4. The van der Waals surface area contributed by atoms with Gasteiger partial charge in [0.25, 0.3) is 5.91 Å². The molecule has 2 aromatic carbocycles. The number of aromatic nitrogens is 2. The minimum absolute atomic E-state index is 0.244. The van der Waals surface area contributed by atoms with Crippen LogP contribution in [0.15, 0.2) is 54.1 Å². The number of ether oxygens (including phenoxy) is 1. The van der Waals surface area contributed by atoms with Crippen molar-refractivity contribution in [2.45, 2.75) is 13.8 Å². The van der Waals surface area contributed by atoms with E-state index in [1.165, 1.54) is 18.2 Å². The minimum atomic E-state index is -0.914. The molecule has 1 aromatic heterocycles. The number of nitrogens with one attached hydrogen (secondary N) is 1. The van der Waals surface area contributed by atoms with Crippen LogP contribution in [-0.2, 0) is 14.3 Å². The zero-order chi connectivity index (χ0) is 23.3. The summed E-state index contributed by atoms with van der Waals surface area (Å²) in [5.74, 6) is -1.50. The first-order valence-corrected chi connectivity index (χ1v) is 10.2. The Labute approximate surface area is 194 Å². The van der Waals surface area contributed by atoms with Gasteiger partial charge in [0.2, 0.25) is 0 Å². The average molecular weight is 469 g/mol. The van der Waals surface area contributed by atoms with Gasteiger partial charge in [-0.05, 0) is 50.3 Å². The molecule has 0 atom stereocenters. The van der Waals surface area contributed by atoms with Crippen LogP contribution in [0.1, 0.15) is 17.0 Å². The number of nitriles is 1. The summed E-state index contributed by atoms with van der Waals surface area (Å²) in [6, 6.07) is 15.9. The molecule has 7 nitrogen and oxygen atoms in total. The molecule has 1 heterocycles. The van der Waals surface area contributed by atoms with Crippen molar-refractivity contribution in [3.05, 3.63) is 81.1 Å².